The van der Waals surface area contributed by atoms with Gasteiger partial charge in [0.15, 0.2) is 0 Å². The summed E-state index contributed by atoms with van der Waals surface area (Å²) in [6.45, 7) is 10.4. The molecule has 0 bridgehead atoms. The van der Waals surface area contributed by atoms with E-state index in [9.17, 15) is 0 Å². The highest BCUT2D eigenvalue weighted by Gasteiger charge is 2.64. The number of hydrogen-bond donors (Lipinski definition) is 1. The van der Waals surface area contributed by atoms with Crippen LogP contribution in [0.25, 0.3) is 0 Å². The number of rotatable bonds is 5. The summed E-state index contributed by atoms with van der Waals surface area (Å²) in [7, 11) is 2.02. The van der Waals surface area contributed by atoms with E-state index in [0.29, 0.717) is 16.7 Å². The zero-order chi connectivity index (χ0) is 15.3. The van der Waals surface area contributed by atoms with Gasteiger partial charge in [0.25, 0.3) is 0 Å². The number of imidazole rings is 1. The first-order valence-corrected chi connectivity index (χ1v) is 7.59. The number of aryl methyl sites for hydroxylation is 1. The molecule has 4 nitrogen and oxygen atoms in total. The maximum atomic E-state index is 5.62. The van der Waals surface area contributed by atoms with Gasteiger partial charge in [-0.15, -0.1) is 0 Å². The Morgan fingerprint density at radius 2 is 2.05 bits per heavy atom. The van der Waals surface area contributed by atoms with Gasteiger partial charge in [-0.2, -0.15) is 0 Å². The van der Waals surface area contributed by atoms with Gasteiger partial charge in [-0.3, -0.25) is 0 Å². The predicted molar refractivity (Wildman–Crippen MR) is 82.8 cm³/mol. The fraction of sp³-hybridized carbons (Fsp3) is 0.588. The minimum absolute atomic E-state index is 0.00667. The molecule has 114 valence electrons. The van der Waals surface area contributed by atoms with Gasteiger partial charge in [0, 0.05) is 26.0 Å². The van der Waals surface area contributed by atoms with Crippen molar-refractivity contribution >= 4 is 0 Å². The normalized spacial score (nSPS) is 21.4. The number of nitrogens with zero attached hydrogens (tertiary/aromatic N) is 2. The molecule has 1 aliphatic rings. The molecule has 4 heteroatoms. The Balaban J connectivity index is 1.78. The van der Waals surface area contributed by atoms with E-state index in [-0.39, 0.29) is 6.04 Å². The number of furan rings is 1. The van der Waals surface area contributed by atoms with Crippen molar-refractivity contribution in [3.63, 3.8) is 0 Å². The van der Waals surface area contributed by atoms with E-state index in [1.807, 2.05) is 36.1 Å². The molecule has 0 amide bonds. The molecule has 0 aromatic carbocycles. The van der Waals surface area contributed by atoms with Crippen LogP contribution in [0.2, 0.25) is 0 Å². The van der Waals surface area contributed by atoms with E-state index in [2.05, 4.69) is 38.0 Å². The van der Waals surface area contributed by atoms with Crippen LogP contribution < -0.4 is 5.32 Å². The quantitative estimate of drug-likeness (QED) is 0.917. The van der Waals surface area contributed by atoms with Gasteiger partial charge in [-0.25, -0.2) is 4.98 Å². The molecular formula is C17H25N3O. The van der Waals surface area contributed by atoms with Crippen LogP contribution in [0.5, 0.6) is 0 Å². The van der Waals surface area contributed by atoms with E-state index in [1.165, 1.54) is 0 Å². The average molecular weight is 287 g/mol. The van der Waals surface area contributed by atoms with Crippen LogP contribution in [0.4, 0.5) is 0 Å². The summed E-state index contributed by atoms with van der Waals surface area (Å²) in [5.74, 6) is 2.57. The molecule has 1 atom stereocenters. The SMILES string of the molecule is Cn1ccnc1C(NCC1C(C)(C)C1(C)C)c1ccco1. The zero-order valence-corrected chi connectivity index (χ0v) is 13.6. The minimum Gasteiger partial charge on any atom is -0.467 e. The third kappa shape index (κ3) is 2.22. The Hall–Kier alpha value is -1.55. The lowest BCUT2D eigenvalue weighted by molar-refractivity contribution is 0.411. The Morgan fingerprint density at radius 1 is 1.33 bits per heavy atom. The Morgan fingerprint density at radius 3 is 2.52 bits per heavy atom. The van der Waals surface area contributed by atoms with Crippen molar-refractivity contribution in [2.45, 2.75) is 33.7 Å². The maximum absolute atomic E-state index is 5.62. The van der Waals surface area contributed by atoms with Crippen molar-refractivity contribution in [1.82, 2.24) is 14.9 Å². The maximum Gasteiger partial charge on any atom is 0.133 e. The standard InChI is InChI=1S/C17H25N3O/c1-16(2)13(17(16,3)4)11-19-14(12-7-6-10-21-12)15-18-8-9-20(15)5/h6-10,13-14,19H,11H2,1-5H3. The van der Waals surface area contributed by atoms with E-state index in [4.69, 9.17) is 4.42 Å². The zero-order valence-electron chi connectivity index (χ0n) is 13.6. The average Bonchev–Trinajstić information content (AvgIpc) is 2.93. The van der Waals surface area contributed by atoms with Crippen LogP contribution in [0.15, 0.2) is 35.2 Å². The van der Waals surface area contributed by atoms with E-state index >= 15 is 0 Å². The van der Waals surface area contributed by atoms with Crippen LogP contribution in [0.3, 0.4) is 0 Å². The second-order valence-corrected chi connectivity index (χ2v) is 7.25. The number of aromatic nitrogens is 2. The Bertz CT molecular complexity index is 596. The van der Waals surface area contributed by atoms with Crippen LogP contribution in [0.1, 0.15) is 45.3 Å². The largest absolute Gasteiger partial charge is 0.467 e. The van der Waals surface area contributed by atoms with Crippen LogP contribution >= 0.6 is 0 Å². The van der Waals surface area contributed by atoms with Crippen molar-refractivity contribution in [2.24, 2.45) is 23.8 Å². The predicted octanol–water partition coefficient (Wildman–Crippen LogP) is 3.37. The molecule has 2 heterocycles. The highest BCUT2D eigenvalue weighted by molar-refractivity contribution is 5.18. The first-order chi connectivity index (χ1) is 9.85. The van der Waals surface area contributed by atoms with Crippen LogP contribution in [-0.4, -0.2) is 16.1 Å². The molecule has 1 saturated carbocycles. The second kappa shape index (κ2) is 4.73. The summed E-state index contributed by atoms with van der Waals surface area (Å²) in [5, 5.41) is 3.66. The summed E-state index contributed by atoms with van der Waals surface area (Å²) in [6, 6.07) is 3.94. The summed E-state index contributed by atoms with van der Waals surface area (Å²) in [4.78, 5) is 4.48. The molecule has 2 aromatic heterocycles. The molecule has 0 saturated heterocycles. The lowest BCUT2D eigenvalue weighted by Crippen LogP contribution is -2.28. The van der Waals surface area contributed by atoms with Crippen molar-refractivity contribution in [1.29, 1.82) is 0 Å². The van der Waals surface area contributed by atoms with E-state index in [1.54, 1.807) is 6.26 Å². The number of nitrogens with one attached hydrogen (secondary N) is 1. The second-order valence-electron chi connectivity index (χ2n) is 7.25. The fourth-order valence-electron chi connectivity index (χ4n) is 3.51. The monoisotopic (exact) mass is 287 g/mol. The lowest BCUT2D eigenvalue weighted by Gasteiger charge is -2.17. The molecule has 2 aromatic rings. The Kier molecular flexibility index (Phi) is 3.24. The van der Waals surface area contributed by atoms with Crippen molar-refractivity contribution in [3.05, 3.63) is 42.4 Å². The highest BCUT2D eigenvalue weighted by atomic mass is 16.3. The molecule has 3 rings (SSSR count). The van der Waals surface area contributed by atoms with Crippen molar-refractivity contribution in [3.8, 4) is 0 Å². The molecule has 1 fully saturated rings. The van der Waals surface area contributed by atoms with Gasteiger partial charge in [-0.05, 0) is 28.9 Å². The third-order valence-corrected chi connectivity index (χ3v) is 5.79. The molecule has 21 heavy (non-hydrogen) atoms. The number of hydrogen-bond acceptors (Lipinski definition) is 3. The molecule has 0 spiro atoms. The molecule has 1 N–H and O–H groups in total. The molecule has 0 radical (unpaired) electrons. The third-order valence-electron chi connectivity index (χ3n) is 5.79. The van der Waals surface area contributed by atoms with Gasteiger partial charge < -0.3 is 14.3 Å². The van der Waals surface area contributed by atoms with Crippen LogP contribution in [-0.2, 0) is 7.05 Å². The summed E-state index contributed by atoms with van der Waals surface area (Å²) in [6.07, 6.45) is 5.52. The summed E-state index contributed by atoms with van der Waals surface area (Å²) < 4.78 is 7.66. The lowest BCUT2D eigenvalue weighted by atomic mass is 10.0. The topological polar surface area (TPSA) is 43.0 Å². The Labute approximate surface area is 126 Å². The highest BCUT2D eigenvalue weighted by Crippen LogP contribution is 2.68. The van der Waals surface area contributed by atoms with Crippen molar-refractivity contribution in [2.75, 3.05) is 6.54 Å². The smallest absolute Gasteiger partial charge is 0.133 e. The van der Waals surface area contributed by atoms with Gasteiger partial charge in [0.2, 0.25) is 0 Å². The van der Waals surface area contributed by atoms with Gasteiger partial charge in [0.1, 0.15) is 17.6 Å². The van der Waals surface area contributed by atoms with Gasteiger partial charge >= 0.3 is 0 Å². The van der Waals surface area contributed by atoms with E-state index in [0.717, 1.165) is 18.1 Å². The minimum atomic E-state index is 0.00667. The van der Waals surface area contributed by atoms with Gasteiger partial charge in [0.05, 0.1) is 6.26 Å². The first-order valence-electron chi connectivity index (χ1n) is 7.59. The first kappa shape index (κ1) is 14.4. The van der Waals surface area contributed by atoms with Crippen molar-refractivity contribution < 1.29 is 4.42 Å². The fourth-order valence-corrected chi connectivity index (χ4v) is 3.51. The molecule has 0 aliphatic heterocycles. The molecule has 1 unspecified atom stereocenters. The molecule has 1 aliphatic carbocycles. The molecular weight excluding hydrogens is 262 g/mol. The van der Waals surface area contributed by atoms with Gasteiger partial charge in [-0.1, -0.05) is 27.7 Å². The van der Waals surface area contributed by atoms with E-state index < -0.39 is 0 Å². The van der Waals surface area contributed by atoms with Crippen LogP contribution in [0, 0.1) is 16.7 Å². The summed E-state index contributed by atoms with van der Waals surface area (Å²) >= 11 is 0. The summed E-state index contributed by atoms with van der Waals surface area (Å²) in [5.41, 5.74) is 0.769.